The van der Waals surface area contributed by atoms with Crippen LogP contribution < -0.4 is 37.2 Å². The minimum atomic E-state index is -1.48. The normalized spacial score (nSPS) is 24.9. The van der Waals surface area contributed by atoms with E-state index in [9.17, 15) is 24.6 Å². The van der Waals surface area contributed by atoms with Crippen molar-refractivity contribution in [2.24, 2.45) is 14.1 Å². The highest BCUT2D eigenvalue weighted by Crippen LogP contribution is 2.35. The van der Waals surface area contributed by atoms with Gasteiger partial charge in [-0.15, -0.1) is 0 Å². The summed E-state index contributed by atoms with van der Waals surface area (Å²) in [5, 5.41) is 44.5. The first-order valence-electron chi connectivity index (χ1n) is 25.6. The number of aliphatic hydroxyl groups is 2. The summed E-state index contributed by atoms with van der Waals surface area (Å²) in [5.74, 6) is 1.07. The molecule has 9 N–H and O–H groups in total. The van der Waals surface area contributed by atoms with Gasteiger partial charge >= 0.3 is 6.03 Å². The molecule has 1 saturated carbocycles. The fraction of sp³-hybridized carbons (Fsp3) is 0.596. The Morgan fingerprint density at radius 3 is 1.84 bits per heavy atom. The molecule has 1 aliphatic carbocycles. The van der Waals surface area contributed by atoms with E-state index in [-0.39, 0.29) is 36.0 Å². The van der Waals surface area contributed by atoms with Crippen molar-refractivity contribution < 1.29 is 34.1 Å². The van der Waals surface area contributed by atoms with Crippen LogP contribution in [-0.2, 0) is 46.0 Å². The molecule has 0 unspecified atom stereocenters. The van der Waals surface area contributed by atoms with Crippen LogP contribution in [0, 0.1) is 0 Å². The third kappa shape index (κ3) is 11.0. The lowest BCUT2D eigenvalue weighted by atomic mass is 9.91. The molecule has 10 rings (SSSR count). The maximum Gasteiger partial charge on any atom is 0.317 e. The fourth-order valence-corrected chi connectivity index (χ4v) is 10.2. The molecule has 27 nitrogen and oxygen atoms in total. The maximum atomic E-state index is 13.8. The lowest BCUT2D eigenvalue weighted by Gasteiger charge is -2.31. The number of amides is 4. The number of carbonyl (C=O) groups excluding carboxylic acids is 3. The first-order chi connectivity index (χ1) is 35.9. The summed E-state index contributed by atoms with van der Waals surface area (Å²) in [4.78, 5) is 78.5. The van der Waals surface area contributed by atoms with Crippen molar-refractivity contribution in [2.75, 3.05) is 60.5 Å². The van der Waals surface area contributed by atoms with Gasteiger partial charge in [0.05, 0.1) is 36.7 Å². The average molecular weight is 1020 g/mol. The molecule has 6 aromatic rings. The van der Waals surface area contributed by atoms with Crippen molar-refractivity contribution in [3.63, 3.8) is 0 Å². The number of fused-ring (bicyclic) bond motifs is 2. The summed E-state index contributed by atoms with van der Waals surface area (Å²) in [6.07, 6.45) is 10.5. The predicted molar refractivity (Wildman–Crippen MR) is 270 cm³/mol. The van der Waals surface area contributed by atoms with Gasteiger partial charge in [0.25, 0.3) is 5.91 Å². The van der Waals surface area contributed by atoms with Crippen LogP contribution >= 0.6 is 0 Å². The van der Waals surface area contributed by atoms with Crippen LogP contribution in [0.2, 0.25) is 0 Å². The molecule has 27 heteroatoms. The van der Waals surface area contributed by atoms with Gasteiger partial charge in [0.15, 0.2) is 46.3 Å². The highest BCUT2D eigenvalue weighted by molar-refractivity contribution is 5.86. The Morgan fingerprint density at radius 1 is 0.649 bits per heavy atom. The number of aromatic nitrogens is 12. The van der Waals surface area contributed by atoms with Crippen LogP contribution in [-0.4, -0.2) is 173 Å². The van der Waals surface area contributed by atoms with E-state index >= 15 is 0 Å². The van der Waals surface area contributed by atoms with Crippen molar-refractivity contribution in [2.45, 2.75) is 127 Å². The number of aliphatic hydroxyl groups excluding tert-OH is 2. The number of rotatable bonds is 19. The quantitative estimate of drug-likeness (QED) is 0.0545. The van der Waals surface area contributed by atoms with Crippen LogP contribution in [0.25, 0.3) is 22.3 Å². The number of nitrogens with one attached hydrogen (secondary N) is 7. The summed E-state index contributed by atoms with van der Waals surface area (Å²) >= 11 is 0. The van der Waals surface area contributed by atoms with Gasteiger partial charge in [0, 0.05) is 96.7 Å². The molecule has 74 heavy (non-hydrogen) atoms. The second-order valence-corrected chi connectivity index (χ2v) is 19.4. The Kier molecular flexibility index (Phi) is 15.0. The largest absolute Gasteiger partial charge is 0.387 e. The molecule has 4 amide bonds. The molecule has 0 bridgehead atoms. The number of urea groups is 1. The Balaban J connectivity index is 0.773. The number of hydrogen-bond acceptors (Lipinski definition) is 19. The van der Waals surface area contributed by atoms with Gasteiger partial charge in [0.2, 0.25) is 17.8 Å². The molecule has 3 aliphatic heterocycles. The molecule has 6 aromatic heterocycles. The average Bonchev–Trinajstić information content (AvgIpc) is 4.27. The number of likely N-dealkylation sites (tertiary alicyclic amines) is 1. The van der Waals surface area contributed by atoms with E-state index in [1.807, 2.05) is 47.1 Å². The van der Waals surface area contributed by atoms with Gasteiger partial charge in [0.1, 0.15) is 24.5 Å². The number of aryl methyl sites for hydroxylation is 2. The van der Waals surface area contributed by atoms with Crippen LogP contribution in [0.3, 0.4) is 0 Å². The highest BCUT2D eigenvalue weighted by atomic mass is 16.6. The SMILES string of the molecule is CCNC(=O)[C@@H]1CC[C@H](n2cnc3c(N[C@H]4CC[C@H](NC(=O)N5CC[C@@H](Nc6nc(NCCc7cn(C)cn7)nc7c6ncn7[C@@H]6O[C@H](C(=O)NCC)[C@@H](O)[C@H]6O)C5)CC4)nc(NCCc4cn(C)cn4)nc32)O1. The van der Waals surface area contributed by atoms with Gasteiger partial charge in [-0.25, -0.2) is 24.7 Å². The molecular weight excluding hydrogens is 957 g/mol. The van der Waals surface area contributed by atoms with Crippen molar-refractivity contribution in [3.05, 3.63) is 49.1 Å². The Hall–Kier alpha value is -7.23. The molecule has 0 aromatic carbocycles. The van der Waals surface area contributed by atoms with Crippen molar-refractivity contribution in [1.82, 2.24) is 79.0 Å². The van der Waals surface area contributed by atoms with Crippen molar-refractivity contribution in [3.8, 4) is 0 Å². The summed E-state index contributed by atoms with van der Waals surface area (Å²) in [7, 11) is 3.84. The molecule has 7 atom stereocenters. The molecular formula is C47H66N20O7. The third-order valence-electron chi connectivity index (χ3n) is 14.0. The van der Waals surface area contributed by atoms with E-state index in [4.69, 9.17) is 34.4 Å². The number of ether oxygens (including phenoxy) is 2. The van der Waals surface area contributed by atoms with E-state index in [2.05, 4.69) is 52.2 Å². The molecule has 396 valence electrons. The van der Waals surface area contributed by atoms with Gasteiger partial charge in [-0.2, -0.15) is 19.9 Å². The van der Waals surface area contributed by atoms with Crippen molar-refractivity contribution >= 4 is 63.7 Å². The zero-order valence-electron chi connectivity index (χ0n) is 42.0. The smallest absolute Gasteiger partial charge is 0.317 e. The molecule has 0 radical (unpaired) electrons. The lowest BCUT2D eigenvalue weighted by Crippen LogP contribution is -2.46. The third-order valence-corrected chi connectivity index (χ3v) is 14.0. The van der Waals surface area contributed by atoms with E-state index in [0.29, 0.717) is 111 Å². The lowest BCUT2D eigenvalue weighted by molar-refractivity contribution is -0.137. The number of hydrogen-bond donors (Lipinski definition) is 9. The first-order valence-corrected chi connectivity index (χ1v) is 25.6. The summed E-state index contributed by atoms with van der Waals surface area (Å²) in [6, 6.07) is -0.272. The van der Waals surface area contributed by atoms with Crippen molar-refractivity contribution in [1.29, 1.82) is 0 Å². The van der Waals surface area contributed by atoms with Crippen LogP contribution in [0.4, 0.5) is 28.3 Å². The summed E-state index contributed by atoms with van der Waals surface area (Å²) in [6.45, 7) is 6.46. The topological polar surface area (TPSA) is 320 Å². The Labute approximate surface area is 426 Å². The minimum absolute atomic E-state index is 0.0251. The standard InChI is InChI=1S/C47H66N20O7/c1-5-48-42(70)31-11-12-32(73-31)66-24-54-33-38(59-45(61-40(33)66)50-16-13-28-19-63(3)22-52-28)56-26-7-9-27(10-8-26)58-47(72)65-18-15-30(21-65)57-39-34-41(62-46(60-39)51-17-14-29-20-64(4)23-53-29)67(25-55-34)44-36(69)35(68)37(74-44)43(71)49-6-2/h19-20,22-27,30-32,35-37,44,68-69H,5-18,21H2,1-4H3,(H,48,70)(H,49,71)(H,58,72)(H2,50,56,59,61)(H2,51,57,60,62)/t26-,27-,30-,31+,32-,35+,36-,37+,44-/m1/s1. The second kappa shape index (κ2) is 22.1. The second-order valence-electron chi connectivity index (χ2n) is 19.4. The predicted octanol–water partition coefficient (Wildman–Crippen LogP) is 0.930. The van der Waals surface area contributed by atoms with E-state index in [1.54, 1.807) is 30.8 Å². The summed E-state index contributed by atoms with van der Waals surface area (Å²) < 4.78 is 19.3. The van der Waals surface area contributed by atoms with Crippen LogP contribution in [0.5, 0.6) is 0 Å². The Bertz CT molecular complexity index is 2930. The molecule has 4 fully saturated rings. The maximum absolute atomic E-state index is 13.8. The zero-order chi connectivity index (χ0) is 51.5. The number of nitrogens with zero attached hydrogens (tertiary/aromatic N) is 13. The minimum Gasteiger partial charge on any atom is -0.387 e. The Morgan fingerprint density at radius 2 is 1.23 bits per heavy atom. The van der Waals surface area contributed by atoms with Gasteiger partial charge in [-0.05, 0) is 58.8 Å². The number of likely N-dealkylation sites (N-methyl/N-ethyl adjacent to an activating group) is 2. The number of anilines is 4. The van der Waals surface area contributed by atoms with E-state index in [0.717, 1.165) is 37.1 Å². The molecule has 4 aliphatic rings. The number of carbonyl (C=O) groups is 3. The molecule has 0 spiro atoms. The van der Waals surface area contributed by atoms with E-state index in [1.165, 1.54) is 10.9 Å². The van der Waals surface area contributed by atoms with Crippen LogP contribution in [0.1, 0.15) is 82.6 Å². The number of imidazole rings is 4. The van der Waals surface area contributed by atoms with Gasteiger partial charge < -0.3 is 70.9 Å². The van der Waals surface area contributed by atoms with Crippen LogP contribution in [0.15, 0.2) is 37.7 Å². The zero-order valence-corrected chi connectivity index (χ0v) is 42.0. The molecule has 9 heterocycles. The summed E-state index contributed by atoms with van der Waals surface area (Å²) in [5.41, 5.74) is 3.74. The van der Waals surface area contributed by atoms with Gasteiger partial charge in [-0.1, -0.05) is 0 Å². The highest BCUT2D eigenvalue weighted by Gasteiger charge is 2.48. The van der Waals surface area contributed by atoms with E-state index < -0.39 is 42.8 Å². The van der Waals surface area contributed by atoms with Gasteiger partial charge in [-0.3, -0.25) is 18.7 Å². The molecule has 3 saturated heterocycles. The monoisotopic (exact) mass is 1020 g/mol. The first kappa shape index (κ1) is 50.3. The fourth-order valence-electron chi connectivity index (χ4n) is 10.2.